The highest BCUT2D eigenvalue weighted by Gasteiger charge is 2.44. The zero-order valence-corrected chi connectivity index (χ0v) is 13.9. The molecule has 1 fully saturated rings. The van der Waals surface area contributed by atoms with E-state index >= 15 is 0 Å². The molecule has 0 spiro atoms. The third kappa shape index (κ3) is 3.22. The first-order valence-electron chi connectivity index (χ1n) is 7.42. The second kappa shape index (κ2) is 5.93. The van der Waals surface area contributed by atoms with Gasteiger partial charge in [0.1, 0.15) is 5.15 Å². The molecular formula is C16H24ClN3O. The molecule has 0 aliphatic heterocycles. The van der Waals surface area contributed by atoms with E-state index in [1.54, 1.807) is 6.20 Å². The quantitative estimate of drug-likeness (QED) is 0.823. The number of hydrogen-bond acceptors (Lipinski definition) is 3. The van der Waals surface area contributed by atoms with E-state index in [1.807, 2.05) is 13.0 Å². The molecule has 0 saturated heterocycles. The Hall–Kier alpha value is -1.13. The van der Waals surface area contributed by atoms with Crippen LogP contribution in [0.4, 0.5) is 5.69 Å². The average molecular weight is 310 g/mol. The Balaban J connectivity index is 2.14. The molecule has 0 aromatic carbocycles. The number of nitrogens with zero attached hydrogens (tertiary/aromatic N) is 1. The minimum atomic E-state index is -0.114. The monoisotopic (exact) mass is 309 g/mol. The maximum Gasteiger partial charge on any atom is 0.228 e. The first-order valence-corrected chi connectivity index (χ1v) is 7.80. The lowest BCUT2D eigenvalue weighted by atomic mass is 9.61. The molecule has 1 aliphatic rings. The number of anilines is 1. The predicted molar refractivity (Wildman–Crippen MR) is 86.3 cm³/mol. The van der Waals surface area contributed by atoms with Gasteiger partial charge in [0.2, 0.25) is 5.91 Å². The predicted octanol–water partition coefficient (Wildman–Crippen LogP) is 3.38. The molecule has 0 bridgehead atoms. The summed E-state index contributed by atoms with van der Waals surface area (Å²) in [6.45, 7) is 8.27. The summed E-state index contributed by atoms with van der Waals surface area (Å²) < 4.78 is 0. The molecule has 0 radical (unpaired) electrons. The highest BCUT2D eigenvalue weighted by Crippen LogP contribution is 2.44. The van der Waals surface area contributed by atoms with Crippen molar-refractivity contribution in [1.82, 2.24) is 4.98 Å². The molecule has 3 unspecified atom stereocenters. The number of hydrogen-bond donors (Lipinski definition) is 2. The van der Waals surface area contributed by atoms with Gasteiger partial charge in [-0.25, -0.2) is 4.98 Å². The Bertz CT molecular complexity index is 544. The summed E-state index contributed by atoms with van der Waals surface area (Å²) in [6.07, 6.45) is 3.31. The van der Waals surface area contributed by atoms with E-state index in [0.29, 0.717) is 16.8 Å². The van der Waals surface area contributed by atoms with Crippen molar-refractivity contribution in [3.8, 4) is 0 Å². The van der Waals surface area contributed by atoms with Crippen molar-refractivity contribution in [3.63, 3.8) is 0 Å². The second-order valence-corrected chi connectivity index (χ2v) is 7.08. The lowest BCUT2D eigenvalue weighted by molar-refractivity contribution is -0.127. The van der Waals surface area contributed by atoms with Crippen molar-refractivity contribution < 1.29 is 4.79 Å². The molecule has 4 nitrogen and oxygen atoms in total. The molecule has 3 atom stereocenters. The summed E-state index contributed by atoms with van der Waals surface area (Å²) in [5, 5.41) is 3.43. The van der Waals surface area contributed by atoms with Crippen LogP contribution < -0.4 is 11.1 Å². The number of aryl methyl sites for hydroxylation is 1. The first kappa shape index (κ1) is 16.2. The molecule has 1 saturated carbocycles. The van der Waals surface area contributed by atoms with Crippen molar-refractivity contribution >= 4 is 23.2 Å². The summed E-state index contributed by atoms with van der Waals surface area (Å²) >= 11 is 5.91. The number of nitrogens with two attached hydrogens (primary N) is 1. The largest absolute Gasteiger partial charge is 0.327 e. The Kier molecular flexibility index (Phi) is 4.59. The molecule has 1 aromatic rings. The maximum absolute atomic E-state index is 12.6. The number of amides is 1. The average Bonchev–Trinajstić information content (AvgIpc) is 2.40. The van der Waals surface area contributed by atoms with Crippen LogP contribution in [0, 0.1) is 24.2 Å². The highest BCUT2D eigenvalue weighted by molar-refractivity contribution is 6.30. The molecule has 3 N–H and O–H groups in total. The first-order chi connectivity index (χ1) is 9.73. The third-order valence-corrected chi connectivity index (χ3v) is 5.50. The highest BCUT2D eigenvalue weighted by atomic mass is 35.5. The van der Waals surface area contributed by atoms with Crippen molar-refractivity contribution in [2.75, 3.05) is 5.32 Å². The van der Waals surface area contributed by atoms with Gasteiger partial charge >= 0.3 is 0 Å². The van der Waals surface area contributed by atoms with E-state index in [-0.39, 0.29) is 23.3 Å². The molecule has 116 valence electrons. The SMILES string of the molecule is Cc1cc(NC(=O)C2CCC(N)C(C)C2(C)C)cnc1Cl. The van der Waals surface area contributed by atoms with Gasteiger partial charge in [-0.2, -0.15) is 0 Å². The van der Waals surface area contributed by atoms with Crippen molar-refractivity contribution in [2.24, 2.45) is 23.0 Å². The van der Waals surface area contributed by atoms with Gasteiger partial charge in [-0.3, -0.25) is 4.79 Å². The maximum atomic E-state index is 12.6. The van der Waals surface area contributed by atoms with Crippen LogP contribution in [0.3, 0.4) is 0 Å². The Morgan fingerprint density at radius 3 is 2.76 bits per heavy atom. The van der Waals surface area contributed by atoms with Crippen LogP contribution in [-0.2, 0) is 4.79 Å². The van der Waals surface area contributed by atoms with Crippen LogP contribution >= 0.6 is 11.6 Å². The standard InChI is InChI=1S/C16H24ClN3O/c1-9-7-11(8-19-14(9)17)20-15(21)12-5-6-13(18)10(2)16(12,3)4/h7-8,10,12-13H,5-6,18H2,1-4H3,(H,20,21). The Morgan fingerprint density at radius 2 is 2.14 bits per heavy atom. The van der Waals surface area contributed by atoms with Gasteiger partial charge in [-0.1, -0.05) is 32.4 Å². The molecular weight excluding hydrogens is 286 g/mol. The molecule has 1 aliphatic carbocycles. The van der Waals surface area contributed by atoms with Gasteiger partial charge in [0, 0.05) is 12.0 Å². The molecule has 1 aromatic heterocycles. The molecule has 1 heterocycles. The Labute approximate surface area is 131 Å². The molecule has 2 rings (SSSR count). The van der Waals surface area contributed by atoms with Crippen molar-refractivity contribution in [3.05, 3.63) is 23.0 Å². The summed E-state index contributed by atoms with van der Waals surface area (Å²) in [7, 11) is 0. The number of rotatable bonds is 2. The zero-order valence-electron chi connectivity index (χ0n) is 13.1. The number of halogens is 1. The number of aromatic nitrogens is 1. The number of carbonyl (C=O) groups is 1. The van der Waals surface area contributed by atoms with E-state index in [4.69, 9.17) is 17.3 Å². The molecule has 1 amide bonds. The minimum Gasteiger partial charge on any atom is -0.327 e. The van der Waals surface area contributed by atoms with Gasteiger partial charge < -0.3 is 11.1 Å². The van der Waals surface area contributed by atoms with Gasteiger partial charge in [0.05, 0.1) is 11.9 Å². The van der Waals surface area contributed by atoms with Crippen LogP contribution in [0.1, 0.15) is 39.2 Å². The van der Waals surface area contributed by atoms with E-state index in [1.165, 1.54) is 0 Å². The molecule has 5 heteroatoms. The van der Waals surface area contributed by atoms with E-state index in [2.05, 4.69) is 31.1 Å². The fourth-order valence-electron chi connectivity index (χ4n) is 3.18. The molecule has 21 heavy (non-hydrogen) atoms. The van der Waals surface area contributed by atoms with E-state index in [0.717, 1.165) is 18.4 Å². The van der Waals surface area contributed by atoms with Crippen LogP contribution in [0.15, 0.2) is 12.3 Å². The Morgan fingerprint density at radius 1 is 1.48 bits per heavy atom. The minimum absolute atomic E-state index is 0.0386. The van der Waals surface area contributed by atoms with Gasteiger partial charge in [-0.15, -0.1) is 0 Å². The summed E-state index contributed by atoms with van der Waals surface area (Å²) in [5.41, 5.74) is 7.58. The van der Waals surface area contributed by atoms with Gasteiger partial charge in [0.15, 0.2) is 0 Å². The zero-order chi connectivity index (χ0) is 15.8. The van der Waals surface area contributed by atoms with Crippen LogP contribution in [0.2, 0.25) is 5.15 Å². The number of nitrogens with one attached hydrogen (secondary N) is 1. The van der Waals surface area contributed by atoms with Crippen LogP contribution in [0.5, 0.6) is 0 Å². The summed E-state index contributed by atoms with van der Waals surface area (Å²) in [5.74, 6) is 0.317. The summed E-state index contributed by atoms with van der Waals surface area (Å²) in [4.78, 5) is 16.7. The van der Waals surface area contributed by atoms with E-state index in [9.17, 15) is 4.79 Å². The second-order valence-electron chi connectivity index (χ2n) is 6.72. The fraction of sp³-hybridized carbons (Fsp3) is 0.625. The fourth-order valence-corrected chi connectivity index (χ4v) is 3.28. The smallest absolute Gasteiger partial charge is 0.228 e. The van der Waals surface area contributed by atoms with Crippen molar-refractivity contribution in [2.45, 2.75) is 46.6 Å². The lowest BCUT2D eigenvalue weighted by Crippen LogP contribution is -2.50. The van der Waals surface area contributed by atoms with Gasteiger partial charge in [0.25, 0.3) is 0 Å². The van der Waals surface area contributed by atoms with Crippen LogP contribution in [-0.4, -0.2) is 16.9 Å². The topological polar surface area (TPSA) is 68.0 Å². The normalized spacial score (nSPS) is 28.2. The van der Waals surface area contributed by atoms with Crippen molar-refractivity contribution in [1.29, 1.82) is 0 Å². The third-order valence-electron chi connectivity index (χ3n) is 5.10. The van der Waals surface area contributed by atoms with Gasteiger partial charge in [-0.05, 0) is 42.7 Å². The summed E-state index contributed by atoms with van der Waals surface area (Å²) in [6, 6.07) is 2.02. The lowest BCUT2D eigenvalue weighted by Gasteiger charge is -2.46. The van der Waals surface area contributed by atoms with E-state index < -0.39 is 0 Å². The number of carbonyl (C=O) groups excluding carboxylic acids is 1. The van der Waals surface area contributed by atoms with Crippen LogP contribution in [0.25, 0.3) is 0 Å². The number of pyridine rings is 1.